The first-order chi connectivity index (χ1) is 15.0. The fourth-order valence-electron chi connectivity index (χ4n) is 2.96. The number of ether oxygens (including phenoxy) is 1. The van der Waals surface area contributed by atoms with Gasteiger partial charge in [-0.05, 0) is 54.6 Å². The molecule has 2 aromatic heterocycles. The van der Waals surface area contributed by atoms with E-state index in [1.54, 1.807) is 67.9 Å². The maximum Gasteiger partial charge on any atom is 0.323 e. The van der Waals surface area contributed by atoms with Crippen LogP contribution in [0.15, 0.2) is 67.1 Å². The summed E-state index contributed by atoms with van der Waals surface area (Å²) in [5.41, 5.74) is 8.41. The maximum atomic E-state index is 12.6. The van der Waals surface area contributed by atoms with Gasteiger partial charge in [0.25, 0.3) is 5.91 Å². The third kappa shape index (κ3) is 4.37. The number of fused-ring (bicyclic) bond motifs is 1. The normalized spacial score (nSPS) is 10.5. The minimum absolute atomic E-state index is 0.215. The lowest BCUT2D eigenvalue weighted by Crippen LogP contribution is -2.19. The summed E-state index contributed by atoms with van der Waals surface area (Å²) in [5, 5.41) is 12.3. The van der Waals surface area contributed by atoms with E-state index in [2.05, 4.69) is 26.0 Å². The molecule has 0 spiro atoms. The Bertz CT molecular complexity index is 1230. The average molecular weight is 417 g/mol. The summed E-state index contributed by atoms with van der Waals surface area (Å²) in [6, 6.07) is 14.9. The van der Waals surface area contributed by atoms with E-state index in [9.17, 15) is 9.59 Å². The van der Waals surface area contributed by atoms with E-state index in [-0.39, 0.29) is 11.7 Å². The van der Waals surface area contributed by atoms with Gasteiger partial charge in [-0.1, -0.05) is 0 Å². The van der Waals surface area contributed by atoms with Crippen LogP contribution in [0.25, 0.3) is 5.52 Å². The number of urea groups is 1. The SMILES string of the molecule is COc1ccc(NC(=O)Nc2ccc(NC(=O)c3ccn4ncnc(N)c34)cc2)cc1. The number of carbonyl (C=O) groups excluding carboxylic acids is 2. The Morgan fingerprint density at radius 2 is 1.48 bits per heavy atom. The van der Waals surface area contributed by atoms with Crippen LogP contribution >= 0.6 is 0 Å². The zero-order valence-corrected chi connectivity index (χ0v) is 16.5. The van der Waals surface area contributed by atoms with Crippen molar-refractivity contribution >= 4 is 40.3 Å². The molecule has 0 aliphatic rings. The molecule has 156 valence electrons. The van der Waals surface area contributed by atoms with Crippen molar-refractivity contribution in [1.82, 2.24) is 14.6 Å². The molecule has 0 radical (unpaired) electrons. The Kier molecular flexibility index (Phi) is 5.35. The molecule has 0 atom stereocenters. The molecular formula is C21H19N7O3. The van der Waals surface area contributed by atoms with Crippen LogP contribution in [-0.4, -0.2) is 33.6 Å². The second kappa shape index (κ2) is 8.41. The van der Waals surface area contributed by atoms with Gasteiger partial charge in [-0.15, -0.1) is 0 Å². The van der Waals surface area contributed by atoms with Crippen LogP contribution in [-0.2, 0) is 0 Å². The van der Waals surface area contributed by atoms with Crippen molar-refractivity contribution in [2.24, 2.45) is 0 Å². The van der Waals surface area contributed by atoms with Gasteiger partial charge in [0, 0.05) is 23.3 Å². The van der Waals surface area contributed by atoms with Gasteiger partial charge < -0.3 is 26.4 Å². The smallest absolute Gasteiger partial charge is 0.323 e. The number of anilines is 4. The molecule has 10 nitrogen and oxygen atoms in total. The van der Waals surface area contributed by atoms with Crippen LogP contribution in [0.2, 0.25) is 0 Å². The number of hydrogen-bond donors (Lipinski definition) is 4. The number of carbonyl (C=O) groups is 2. The Morgan fingerprint density at radius 1 is 0.903 bits per heavy atom. The highest BCUT2D eigenvalue weighted by Crippen LogP contribution is 2.20. The van der Waals surface area contributed by atoms with E-state index in [1.807, 2.05) is 0 Å². The number of nitrogens with zero attached hydrogens (tertiary/aromatic N) is 3. The summed E-state index contributed by atoms with van der Waals surface area (Å²) in [6.07, 6.45) is 2.96. The number of benzene rings is 2. The fraction of sp³-hybridized carbons (Fsp3) is 0.0476. The largest absolute Gasteiger partial charge is 0.497 e. The first-order valence-electron chi connectivity index (χ1n) is 9.25. The van der Waals surface area contributed by atoms with E-state index in [4.69, 9.17) is 10.5 Å². The first kappa shape index (κ1) is 19.7. The van der Waals surface area contributed by atoms with Crippen LogP contribution in [0.5, 0.6) is 5.75 Å². The summed E-state index contributed by atoms with van der Waals surface area (Å²) in [5.74, 6) is 0.571. The van der Waals surface area contributed by atoms with Gasteiger partial charge >= 0.3 is 6.03 Å². The molecule has 0 aliphatic heterocycles. The summed E-state index contributed by atoms with van der Waals surface area (Å²) in [7, 11) is 1.58. The monoisotopic (exact) mass is 417 g/mol. The number of nitrogens with one attached hydrogen (secondary N) is 3. The predicted molar refractivity (Wildman–Crippen MR) is 117 cm³/mol. The van der Waals surface area contributed by atoms with Crippen molar-refractivity contribution in [1.29, 1.82) is 0 Å². The Labute approximate surface area is 177 Å². The predicted octanol–water partition coefficient (Wildman–Crippen LogP) is 3.22. The minimum atomic E-state index is -0.391. The molecule has 10 heteroatoms. The molecule has 2 heterocycles. The zero-order chi connectivity index (χ0) is 21.8. The van der Waals surface area contributed by atoms with Crippen LogP contribution < -0.4 is 26.4 Å². The molecule has 0 fully saturated rings. The lowest BCUT2D eigenvalue weighted by molar-refractivity contribution is 0.102. The van der Waals surface area contributed by atoms with E-state index in [0.717, 1.165) is 0 Å². The van der Waals surface area contributed by atoms with Gasteiger partial charge in [0.05, 0.1) is 12.7 Å². The molecule has 0 saturated carbocycles. The molecule has 0 saturated heterocycles. The third-order valence-corrected chi connectivity index (χ3v) is 4.48. The first-order valence-corrected chi connectivity index (χ1v) is 9.25. The minimum Gasteiger partial charge on any atom is -0.497 e. The summed E-state index contributed by atoms with van der Waals surface area (Å²) >= 11 is 0. The van der Waals surface area contributed by atoms with Gasteiger partial charge in [0.1, 0.15) is 17.6 Å². The number of methoxy groups -OCH3 is 1. The van der Waals surface area contributed by atoms with Crippen molar-refractivity contribution in [3.8, 4) is 5.75 Å². The highest BCUT2D eigenvalue weighted by atomic mass is 16.5. The maximum absolute atomic E-state index is 12.6. The van der Waals surface area contributed by atoms with Crippen molar-refractivity contribution in [2.45, 2.75) is 0 Å². The number of rotatable bonds is 5. The summed E-state index contributed by atoms with van der Waals surface area (Å²) in [4.78, 5) is 28.7. The number of amides is 3. The van der Waals surface area contributed by atoms with Crippen molar-refractivity contribution in [2.75, 3.05) is 28.8 Å². The Morgan fingerprint density at radius 3 is 2.10 bits per heavy atom. The summed E-state index contributed by atoms with van der Waals surface area (Å²) in [6.45, 7) is 0. The lowest BCUT2D eigenvalue weighted by atomic mass is 10.2. The van der Waals surface area contributed by atoms with E-state index in [1.165, 1.54) is 10.8 Å². The van der Waals surface area contributed by atoms with Crippen molar-refractivity contribution < 1.29 is 14.3 Å². The van der Waals surface area contributed by atoms with E-state index >= 15 is 0 Å². The summed E-state index contributed by atoms with van der Waals surface area (Å²) < 4.78 is 6.58. The third-order valence-electron chi connectivity index (χ3n) is 4.48. The molecule has 0 unspecified atom stereocenters. The van der Waals surface area contributed by atoms with Crippen LogP contribution in [0, 0.1) is 0 Å². The molecule has 4 rings (SSSR count). The van der Waals surface area contributed by atoms with Crippen LogP contribution in [0.4, 0.5) is 27.7 Å². The second-order valence-electron chi connectivity index (χ2n) is 6.51. The zero-order valence-electron chi connectivity index (χ0n) is 16.5. The van der Waals surface area contributed by atoms with Crippen molar-refractivity contribution in [3.05, 3.63) is 72.7 Å². The molecular weight excluding hydrogens is 398 g/mol. The van der Waals surface area contributed by atoms with Gasteiger partial charge in [-0.3, -0.25) is 4.79 Å². The highest BCUT2D eigenvalue weighted by molar-refractivity contribution is 6.10. The quantitative estimate of drug-likeness (QED) is 0.394. The van der Waals surface area contributed by atoms with Gasteiger partial charge in [0.2, 0.25) is 0 Å². The molecule has 2 aromatic carbocycles. The molecule has 0 aliphatic carbocycles. The Hall–Kier alpha value is -4.60. The van der Waals surface area contributed by atoms with E-state index in [0.29, 0.717) is 33.9 Å². The highest BCUT2D eigenvalue weighted by Gasteiger charge is 2.15. The molecule has 4 aromatic rings. The van der Waals surface area contributed by atoms with Crippen LogP contribution in [0.3, 0.4) is 0 Å². The molecule has 31 heavy (non-hydrogen) atoms. The fourth-order valence-corrected chi connectivity index (χ4v) is 2.96. The van der Waals surface area contributed by atoms with Crippen LogP contribution in [0.1, 0.15) is 10.4 Å². The number of nitrogen functional groups attached to an aromatic ring is 1. The van der Waals surface area contributed by atoms with Gasteiger partial charge in [0.15, 0.2) is 5.82 Å². The number of aromatic nitrogens is 3. The second-order valence-corrected chi connectivity index (χ2v) is 6.51. The molecule has 5 N–H and O–H groups in total. The number of nitrogens with two attached hydrogens (primary N) is 1. The topological polar surface area (TPSA) is 136 Å². The van der Waals surface area contributed by atoms with E-state index < -0.39 is 6.03 Å². The molecule has 0 bridgehead atoms. The van der Waals surface area contributed by atoms with Gasteiger partial charge in [-0.25, -0.2) is 14.3 Å². The van der Waals surface area contributed by atoms with Crippen molar-refractivity contribution in [3.63, 3.8) is 0 Å². The number of hydrogen-bond acceptors (Lipinski definition) is 6. The van der Waals surface area contributed by atoms with Gasteiger partial charge in [-0.2, -0.15) is 5.10 Å². The Balaban J connectivity index is 1.38. The average Bonchev–Trinajstić information content (AvgIpc) is 3.21. The molecule has 3 amide bonds. The standard InChI is InChI=1S/C21H19N7O3/c1-31-16-8-6-15(7-9-16)27-21(30)26-14-4-2-13(3-5-14)25-20(29)17-10-11-28-18(17)19(22)23-12-24-28/h2-12H,1H3,(H,25,29)(H2,22,23,24)(H2,26,27,30). The lowest BCUT2D eigenvalue weighted by Gasteiger charge is -2.10.